The molecule has 1 N–H and O–H groups in total. The Morgan fingerprint density at radius 1 is 1.05 bits per heavy atom. The quantitative estimate of drug-likeness (QED) is 0.529. The molecule has 2 aliphatic rings. The molecule has 0 aliphatic carbocycles. The first-order chi connectivity index (χ1) is 17.9. The largest absolute Gasteiger partial charge is 0.497 e. The van der Waals surface area contributed by atoms with Crippen LogP contribution in [0.3, 0.4) is 0 Å². The Balaban J connectivity index is 1.60. The molecule has 1 aromatic heterocycles. The molecule has 198 valence electrons. The molecule has 8 heteroatoms. The topological polar surface area (TPSA) is 76.4 Å². The third-order valence-electron chi connectivity index (χ3n) is 8.28. The Morgan fingerprint density at radius 3 is 2.46 bits per heavy atom. The van der Waals surface area contributed by atoms with Gasteiger partial charge in [-0.1, -0.05) is 12.1 Å². The zero-order valence-corrected chi connectivity index (χ0v) is 22.2. The molecule has 5 rings (SSSR count). The molecule has 8 nitrogen and oxygen atoms in total. The Labute approximate surface area is 218 Å². The average molecular weight is 508 g/mol. The molecule has 0 saturated carbocycles. The molecule has 0 radical (unpaired) electrons. The number of benzene rings is 2. The zero-order chi connectivity index (χ0) is 26.2. The predicted molar refractivity (Wildman–Crippen MR) is 142 cm³/mol. The summed E-state index contributed by atoms with van der Waals surface area (Å²) < 4.78 is 18.4. The molecule has 0 unspecified atom stereocenters. The number of aliphatic hydroxyl groups is 1. The first-order valence-corrected chi connectivity index (χ1v) is 12.9. The highest BCUT2D eigenvalue weighted by Gasteiger charge is 2.48. The molecular weight excluding hydrogens is 470 g/mol. The fourth-order valence-corrected chi connectivity index (χ4v) is 6.44. The number of carbonyl (C=O) groups excluding carboxylic acids is 1. The van der Waals surface area contributed by atoms with E-state index in [1.54, 1.807) is 21.3 Å². The van der Waals surface area contributed by atoms with E-state index in [1.807, 2.05) is 23.1 Å². The molecule has 3 heterocycles. The van der Waals surface area contributed by atoms with Crippen LogP contribution in [0.15, 0.2) is 42.5 Å². The number of hydrogen-bond donors (Lipinski definition) is 1. The minimum absolute atomic E-state index is 0.0206. The fraction of sp³-hybridized carbons (Fsp3) is 0.483. The summed E-state index contributed by atoms with van der Waals surface area (Å²) in [6, 6.07) is 14.2. The molecule has 1 fully saturated rings. The van der Waals surface area contributed by atoms with E-state index >= 15 is 0 Å². The van der Waals surface area contributed by atoms with Gasteiger partial charge >= 0.3 is 0 Å². The van der Waals surface area contributed by atoms with Crippen LogP contribution in [-0.2, 0) is 28.5 Å². The summed E-state index contributed by atoms with van der Waals surface area (Å²) in [5, 5.41) is 11.9. The second-order valence-corrected chi connectivity index (χ2v) is 10.3. The summed E-state index contributed by atoms with van der Waals surface area (Å²) in [4.78, 5) is 16.9. The second-order valence-electron chi connectivity index (χ2n) is 10.3. The standard InChI is InChI=1S/C29H37N3O5/c1-30-24-15-22(37-4)8-9-23(24)27-28(30)25(17-33)32(16-20-6-5-7-21(14-20)36-3)19-29(27)10-12-31(13-11-29)26(34)18-35-2/h5-9,14-15,25,33H,10-13,16-19H2,1-4H3/t25-/m0/s1. The zero-order valence-electron chi connectivity index (χ0n) is 22.2. The molecule has 2 aliphatic heterocycles. The fourth-order valence-electron chi connectivity index (χ4n) is 6.44. The van der Waals surface area contributed by atoms with Gasteiger partial charge in [0.25, 0.3) is 0 Å². The highest BCUT2D eigenvalue weighted by atomic mass is 16.5. The van der Waals surface area contributed by atoms with Gasteiger partial charge in [0.2, 0.25) is 5.91 Å². The lowest BCUT2D eigenvalue weighted by molar-refractivity contribution is -0.137. The maximum atomic E-state index is 12.6. The van der Waals surface area contributed by atoms with Crippen molar-refractivity contribution >= 4 is 16.8 Å². The number of piperidine rings is 1. The highest BCUT2D eigenvalue weighted by molar-refractivity contribution is 5.89. The van der Waals surface area contributed by atoms with Gasteiger partial charge < -0.3 is 28.8 Å². The highest BCUT2D eigenvalue weighted by Crippen LogP contribution is 2.50. The van der Waals surface area contributed by atoms with Gasteiger partial charge in [0.1, 0.15) is 18.1 Å². The van der Waals surface area contributed by atoms with Crippen LogP contribution in [0.4, 0.5) is 0 Å². The Bertz CT molecular complexity index is 1280. The SMILES string of the molecule is COCC(=O)N1CCC2(CC1)CN(Cc1cccc(OC)c1)[C@@H](CO)c1c2c2ccc(OC)cc2n1C. The number of aromatic nitrogens is 1. The summed E-state index contributed by atoms with van der Waals surface area (Å²) in [6.45, 7) is 3.00. The maximum Gasteiger partial charge on any atom is 0.248 e. The van der Waals surface area contributed by atoms with Crippen molar-refractivity contribution in [2.75, 3.05) is 54.2 Å². The van der Waals surface area contributed by atoms with E-state index < -0.39 is 0 Å². The summed E-state index contributed by atoms with van der Waals surface area (Å²) in [5.41, 5.74) is 4.56. The number of nitrogens with zero attached hydrogens (tertiary/aromatic N) is 3. The number of ether oxygens (including phenoxy) is 3. The van der Waals surface area contributed by atoms with Crippen molar-refractivity contribution in [1.29, 1.82) is 0 Å². The molecule has 0 bridgehead atoms. The van der Waals surface area contributed by atoms with Crippen molar-refractivity contribution in [3.63, 3.8) is 0 Å². The van der Waals surface area contributed by atoms with Gasteiger partial charge in [0.05, 0.1) is 32.4 Å². The van der Waals surface area contributed by atoms with Gasteiger partial charge in [0, 0.05) is 62.9 Å². The van der Waals surface area contributed by atoms with Crippen LogP contribution in [0, 0.1) is 0 Å². The number of hydrogen-bond acceptors (Lipinski definition) is 6. The molecular formula is C29H37N3O5. The van der Waals surface area contributed by atoms with E-state index in [0.29, 0.717) is 19.6 Å². The van der Waals surface area contributed by atoms with E-state index in [9.17, 15) is 9.90 Å². The number of methoxy groups -OCH3 is 3. The lowest BCUT2D eigenvalue weighted by Crippen LogP contribution is -2.54. The third kappa shape index (κ3) is 4.47. The third-order valence-corrected chi connectivity index (χ3v) is 8.28. The second kappa shape index (κ2) is 10.4. The smallest absolute Gasteiger partial charge is 0.248 e. The Morgan fingerprint density at radius 2 is 1.78 bits per heavy atom. The minimum Gasteiger partial charge on any atom is -0.497 e. The van der Waals surface area contributed by atoms with Gasteiger partial charge in [0.15, 0.2) is 0 Å². The summed E-state index contributed by atoms with van der Waals surface area (Å²) in [6.07, 6.45) is 1.71. The lowest BCUT2D eigenvalue weighted by Gasteiger charge is -2.50. The van der Waals surface area contributed by atoms with Crippen molar-refractivity contribution in [1.82, 2.24) is 14.4 Å². The van der Waals surface area contributed by atoms with Gasteiger partial charge in [-0.25, -0.2) is 0 Å². The first kappa shape index (κ1) is 25.6. The van der Waals surface area contributed by atoms with Crippen LogP contribution in [0.1, 0.15) is 35.7 Å². The van der Waals surface area contributed by atoms with Crippen LogP contribution in [0.5, 0.6) is 11.5 Å². The minimum atomic E-state index is -0.150. The molecule has 1 atom stereocenters. The van der Waals surface area contributed by atoms with Crippen molar-refractivity contribution in [2.45, 2.75) is 30.8 Å². The summed E-state index contributed by atoms with van der Waals surface area (Å²) in [5.74, 6) is 1.68. The van der Waals surface area contributed by atoms with Crippen LogP contribution in [-0.4, -0.2) is 79.6 Å². The number of aliphatic hydroxyl groups excluding tert-OH is 1. The monoisotopic (exact) mass is 507 g/mol. The molecule has 1 saturated heterocycles. The van der Waals surface area contributed by atoms with Crippen molar-refractivity contribution in [3.05, 3.63) is 59.3 Å². The van der Waals surface area contributed by atoms with Crippen LogP contribution >= 0.6 is 0 Å². The van der Waals surface area contributed by atoms with Gasteiger partial charge in [-0.2, -0.15) is 0 Å². The number of rotatable bonds is 7. The van der Waals surface area contributed by atoms with E-state index in [2.05, 4.69) is 40.8 Å². The Hall–Kier alpha value is -3.07. The van der Waals surface area contributed by atoms with Crippen molar-refractivity contribution in [2.24, 2.45) is 7.05 Å². The number of fused-ring (bicyclic) bond motifs is 4. The van der Waals surface area contributed by atoms with Crippen molar-refractivity contribution < 1.29 is 24.1 Å². The first-order valence-electron chi connectivity index (χ1n) is 12.9. The van der Waals surface area contributed by atoms with Crippen LogP contribution in [0.25, 0.3) is 10.9 Å². The number of carbonyl (C=O) groups is 1. The van der Waals surface area contributed by atoms with E-state index in [-0.39, 0.29) is 30.6 Å². The summed E-state index contributed by atoms with van der Waals surface area (Å²) in [7, 11) is 7.01. The summed E-state index contributed by atoms with van der Waals surface area (Å²) >= 11 is 0. The average Bonchev–Trinajstić information content (AvgIpc) is 3.22. The molecule has 1 amide bonds. The van der Waals surface area contributed by atoms with Gasteiger partial charge in [-0.15, -0.1) is 0 Å². The number of aryl methyl sites for hydroxylation is 1. The van der Waals surface area contributed by atoms with Gasteiger partial charge in [-0.05, 0) is 48.2 Å². The lowest BCUT2D eigenvalue weighted by atomic mass is 9.68. The van der Waals surface area contributed by atoms with E-state index in [4.69, 9.17) is 14.2 Å². The van der Waals surface area contributed by atoms with Crippen LogP contribution < -0.4 is 9.47 Å². The van der Waals surface area contributed by atoms with E-state index in [1.165, 1.54) is 10.9 Å². The van der Waals surface area contributed by atoms with Crippen molar-refractivity contribution in [3.8, 4) is 11.5 Å². The molecule has 1 spiro atoms. The molecule has 37 heavy (non-hydrogen) atoms. The predicted octanol–water partition coefficient (Wildman–Crippen LogP) is 3.25. The molecule has 3 aromatic rings. The normalized spacial score (nSPS) is 19.3. The number of amides is 1. The Kier molecular flexibility index (Phi) is 7.16. The van der Waals surface area contributed by atoms with Gasteiger partial charge in [-0.3, -0.25) is 9.69 Å². The van der Waals surface area contributed by atoms with E-state index in [0.717, 1.165) is 47.7 Å². The molecule has 2 aromatic carbocycles. The number of likely N-dealkylation sites (tertiary alicyclic amines) is 1. The van der Waals surface area contributed by atoms with Crippen LogP contribution in [0.2, 0.25) is 0 Å². The maximum absolute atomic E-state index is 12.6.